The number of hydrogen-bond acceptors (Lipinski definition) is 4. The lowest BCUT2D eigenvalue weighted by molar-refractivity contribution is 0.0974. The van der Waals surface area contributed by atoms with Crippen molar-refractivity contribution in [2.45, 2.75) is 12.6 Å². The first-order valence-electron chi connectivity index (χ1n) is 9.68. The molecule has 9 heteroatoms. The second-order valence-corrected chi connectivity index (χ2v) is 7.36. The maximum absolute atomic E-state index is 14.5. The summed E-state index contributed by atoms with van der Waals surface area (Å²) in [5.41, 5.74) is 3.19. The molecule has 30 heavy (non-hydrogen) atoms. The molecule has 7 nitrogen and oxygen atoms in total. The highest BCUT2D eigenvalue weighted by atomic mass is 19.1. The predicted molar refractivity (Wildman–Crippen MR) is 107 cm³/mol. The highest BCUT2D eigenvalue weighted by Gasteiger charge is 2.30. The van der Waals surface area contributed by atoms with Crippen molar-refractivity contribution in [2.75, 3.05) is 31.6 Å². The number of nitrogens with zero attached hydrogens (tertiary/aromatic N) is 4. The molecule has 154 valence electrons. The molecule has 0 bridgehead atoms. The van der Waals surface area contributed by atoms with Gasteiger partial charge in [-0.1, -0.05) is 6.08 Å². The van der Waals surface area contributed by atoms with Crippen LogP contribution in [0, 0.1) is 5.82 Å². The van der Waals surface area contributed by atoms with Crippen molar-refractivity contribution >= 4 is 23.1 Å². The summed E-state index contributed by atoms with van der Waals surface area (Å²) in [6.07, 6.45) is 7.23. The lowest BCUT2D eigenvalue weighted by atomic mass is 10.1. The van der Waals surface area contributed by atoms with Gasteiger partial charge in [-0.05, 0) is 30.2 Å². The van der Waals surface area contributed by atoms with Crippen LogP contribution in [0.15, 0.2) is 42.9 Å². The molecular formula is C21H19F2N5O2. The number of alkyl halides is 1. The number of benzene rings is 1. The van der Waals surface area contributed by atoms with Crippen LogP contribution in [-0.2, 0) is 4.74 Å². The van der Waals surface area contributed by atoms with E-state index < -0.39 is 18.0 Å². The van der Waals surface area contributed by atoms with E-state index in [9.17, 15) is 13.6 Å². The number of fused-ring (bicyclic) bond motifs is 1. The Bertz CT molecular complexity index is 1150. The SMILES string of the molecule is O=C(Nc1ccc(F)c(-c2cn3cc(C4=CCOCC4)cnc3n2)c1)N1CC(F)C1. The van der Waals surface area contributed by atoms with E-state index in [1.165, 1.54) is 23.1 Å². The number of imidazole rings is 1. The fraction of sp³-hybridized carbons (Fsp3) is 0.286. The molecule has 1 N–H and O–H groups in total. The molecule has 0 radical (unpaired) electrons. The van der Waals surface area contributed by atoms with Gasteiger partial charge in [-0.15, -0.1) is 0 Å². The summed E-state index contributed by atoms with van der Waals surface area (Å²) in [4.78, 5) is 22.3. The number of amides is 2. The molecule has 2 aromatic heterocycles. The van der Waals surface area contributed by atoms with E-state index in [4.69, 9.17) is 4.74 Å². The molecule has 2 amide bonds. The average molecular weight is 411 g/mol. The molecule has 0 saturated carbocycles. The van der Waals surface area contributed by atoms with Crippen molar-refractivity contribution in [3.05, 3.63) is 54.2 Å². The molecule has 0 atom stereocenters. The van der Waals surface area contributed by atoms with E-state index in [0.29, 0.717) is 30.4 Å². The topological polar surface area (TPSA) is 71.8 Å². The zero-order valence-corrected chi connectivity index (χ0v) is 16.0. The molecule has 4 heterocycles. The van der Waals surface area contributed by atoms with Crippen molar-refractivity contribution in [2.24, 2.45) is 0 Å². The summed E-state index contributed by atoms with van der Waals surface area (Å²) in [6.45, 7) is 1.40. The molecule has 2 aliphatic rings. The molecule has 1 fully saturated rings. The van der Waals surface area contributed by atoms with Crippen LogP contribution in [0.25, 0.3) is 22.6 Å². The summed E-state index contributed by atoms with van der Waals surface area (Å²) in [6, 6.07) is 3.85. The Hall–Kier alpha value is -3.33. The standard InChI is InChI=1S/C21H19F2N5O2/c22-15-10-28(11-15)21(29)25-16-1-2-18(23)17(7-16)19-12-27-9-14(8-24-20(27)26-19)13-3-5-30-6-4-13/h1-3,7-9,12,15H,4-6,10-11H2,(H,25,29). The molecule has 2 aliphatic heterocycles. The fourth-order valence-electron chi connectivity index (χ4n) is 3.56. The Balaban J connectivity index is 1.42. The van der Waals surface area contributed by atoms with Crippen LogP contribution in [0.1, 0.15) is 12.0 Å². The largest absolute Gasteiger partial charge is 0.377 e. The summed E-state index contributed by atoms with van der Waals surface area (Å²) in [7, 11) is 0. The van der Waals surface area contributed by atoms with Gasteiger partial charge in [0.1, 0.15) is 12.0 Å². The molecule has 1 aromatic carbocycles. The molecule has 5 rings (SSSR count). The fourth-order valence-corrected chi connectivity index (χ4v) is 3.56. The first kappa shape index (κ1) is 18.7. The minimum absolute atomic E-state index is 0.0723. The van der Waals surface area contributed by atoms with E-state index in [1.807, 2.05) is 12.3 Å². The van der Waals surface area contributed by atoms with Crippen molar-refractivity contribution in [3.8, 4) is 11.3 Å². The van der Waals surface area contributed by atoms with Crippen LogP contribution in [0.5, 0.6) is 0 Å². The van der Waals surface area contributed by atoms with Gasteiger partial charge < -0.3 is 15.0 Å². The lowest BCUT2D eigenvalue weighted by Gasteiger charge is -2.34. The van der Waals surface area contributed by atoms with Gasteiger partial charge in [0.2, 0.25) is 5.78 Å². The summed E-state index contributed by atoms with van der Waals surface area (Å²) < 4.78 is 34.6. The molecule has 0 aliphatic carbocycles. The molecule has 0 spiro atoms. The maximum Gasteiger partial charge on any atom is 0.322 e. The highest BCUT2D eigenvalue weighted by molar-refractivity contribution is 5.90. The third-order valence-electron chi connectivity index (χ3n) is 5.26. The third kappa shape index (κ3) is 3.52. The van der Waals surface area contributed by atoms with Crippen molar-refractivity contribution in [1.82, 2.24) is 19.3 Å². The monoisotopic (exact) mass is 411 g/mol. The second kappa shape index (κ2) is 7.49. The first-order chi connectivity index (χ1) is 14.6. The Kier molecular flexibility index (Phi) is 4.66. The number of halogens is 2. The van der Waals surface area contributed by atoms with Gasteiger partial charge in [0.25, 0.3) is 0 Å². The highest BCUT2D eigenvalue weighted by Crippen LogP contribution is 2.27. The van der Waals surface area contributed by atoms with Crippen molar-refractivity contribution in [1.29, 1.82) is 0 Å². The Labute approximate surface area is 171 Å². The van der Waals surface area contributed by atoms with Gasteiger partial charge in [-0.25, -0.2) is 23.5 Å². The summed E-state index contributed by atoms with van der Waals surface area (Å²) in [5.74, 6) is -0.0126. The number of aromatic nitrogens is 3. The quantitative estimate of drug-likeness (QED) is 0.716. The smallest absolute Gasteiger partial charge is 0.322 e. The lowest BCUT2D eigenvalue weighted by Crippen LogP contribution is -2.53. The number of carbonyl (C=O) groups excluding carboxylic acids is 1. The number of nitrogens with one attached hydrogen (secondary N) is 1. The van der Waals surface area contributed by atoms with Crippen LogP contribution in [0.4, 0.5) is 19.3 Å². The first-order valence-corrected chi connectivity index (χ1v) is 9.68. The van der Waals surface area contributed by atoms with Crippen molar-refractivity contribution in [3.63, 3.8) is 0 Å². The number of ether oxygens (including phenoxy) is 1. The number of carbonyl (C=O) groups is 1. The number of hydrogen-bond donors (Lipinski definition) is 1. The van der Waals surface area contributed by atoms with E-state index in [1.54, 1.807) is 16.8 Å². The van der Waals surface area contributed by atoms with E-state index in [-0.39, 0.29) is 18.7 Å². The third-order valence-corrected chi connectivity index (χ3v) is 5.26. The van der Waals surface area contributed by atoms with Gasteiger partial charge in [0.05, 0.1) is 32.0 Å². The maximum atomic E-state index is 14.5. The van der Waals surface area contributed by atoms with Crippen molar-refractivity contribution < 1.29 is 18.3 Å². The van der Waals surface area contributed by atoms with Crippen LogP contribution in [-0.4, -0.2) is 57.8 Å². The Morgan fingerprint density at radius 1 is 1.27 bits per heavy atom. The van der Waals surface area contributed by atoms with Gasteiger partial charge in [-0.3, -0.25) is 4.40 Å². The van der Waals surface area contributed by atoms with Crippen LogP contribution >= 0.6 is 0 Å². The van der Waals surface area contributed by atoms with Crippen LogP contribution in [0.2, 0.25) is 0 Å². The Morgan fingerprint density at radius 3 is 2.90 bits per heavy atom. The summed E-state index contributed by atoms with van der Waals surface area (Å²) in [5, 5.41) is 2.67. The van der Waals surface area contributed by atoms with Gasteiger partial charge >= 0.3 is 6.03 Å². The zero-order chi connectivity index (χ0) is 20.7. The second-order valence-electron chi connectivity index (χ2n) is 7.36. The number of likely N-dealkylation sites (tertiary alicyclic amines) is 1. The molecular weight excluding hydrogens is 392 g/mol. The van der Waals surface area contributed by atoms with E-state index in [0.717, 1.165) is 17.6 Å². The molecule has 3 aromatic rings. The Morgan fingerprint density at radius 2 is 2.13 bits per heavy atom. The number of rotatable bonds is 3. The van der Waals surface area contributed by atoms with Gasteiger partial charge in [-0.2, -0.15) is 0 Å². The van der Waals surface area contributed by atoms with E-state index in [2.05, 4.69) is 15.3 Å². The molecule has 0 unspecified atom stereocenters. The van der Waals surface area contributed by atoms with Crippen LogP contribution in [0.3, 0.4) is 0 Å². The number of urea groups is 1. The van der Waals surface area contributed by atoms with Crippen LogP contribution < -0.4 is 5.32 Å². The van der Waals surface area contributed by atoms with Gasteiger partial charge in [0, 0.05) is 35.4 Å². The average Bonchev–Trinajstić information content (AvgIpc) is 3.16. The minimum atomic E-state index is -0.980. The van der Waals surface area contributed by atoms with E-state index >= 15 is 0 Å². The zero-order valence-electron chi connectivity index (χ0n) is 16.0. The minimum Gasteiger partial charge on any atom is -0.377 e. The van der Waals surface area contributed by atoms with Gasteiger partial charge in [0.15, 0.2) is 0 Å². The number of anilines is 1. The normalized spacial score (nSPS) is 17.0. The predicted octanol–water partition coefficient (Wildman–Crippen LogP) is 3.52. The summed E-state index contributed by atoms with van der Waals surface area (Å²) >= 11 is 0. The molecule has 1 saturated heterocycles.